The largest absolute Gasteiger partial charge is 0.350 e. The van der Waals surface area contributed by atoms with E-state index in [1.54, 1.807) is 0 Å². The van der Waals surface area contributed by atoms with Crippen LogP contribution in [0.25, 0.3) is 0 Å². The zero-order chi connectivity index (χ0) is 14.1. The number of rotatable bonds is 3. The molecule has 3 atom stereocenters. The van der Waals surface area contributed by atoms with Crippen LogP contribution in [0.2, 0.25) is 0 Å². The summed E-state index contributed by atoms with van der Waals surface area (Å²) < 4.78 is 5.73. The number of hydroxylamine groups is 2. The minimum atomic E-state index is -0.0843. The van der Waals surface area contributed by atoms with Gasteiger partial charge in [0.2, 0.25) is 0 Å². The van der Waals surface area contributed by atoms with Gasteiger partial charge >= 0.3 is 0 Å². The molecule has 2 saturated heterocycles. The second-order valence-corrected chi connectivity index (χ2v) is 5.71. The molecule has 0 aliphatic carbocycles. The lowest BCUT2D eigenvalue weighted by atomic mass is 9.92. The van der Waals surface area contributed by atoms with Crippen molar-refractivity contribution in [1.82, 2.24) is 5.06 Å². The smallest absolute Gasteiger partial charge is 0.182 e. The molecule has 0 aromatic heterocycles. The normalized spacial score (nSPS) is 28.7. The first-order chi connectivity index (χ1) is 10.4. The van der Waals surface area contributed by atoms with Crippen LogP contribution in [0.1, 0.15) is 23.6 Å². The fourth-order valence-electron chi connectivity index (χ4n) is 3.37. The Balaban J connectivity index is 1.62. The van der Waals surface area contributed by atoms with Crippen molar-refractivity contribution in [2.75, 3.05) is 6.61 Å². The van der Waals surface area contributed by atoms with Crippen LogP contribution in [0.4, 0.5) is 0 Å². The van der Waals surface area contributed by atoms with Gasteiger partial charge < -0.3 is 4.74 Å². The number of fused-ring (bicyclic) bond motifs is 1. The summed E-state index contributed by atoms with van der Waals surface area (Å²) in [5.74, 6) is 0.427. The number of hydrogen-bond donors (Lipinski definition) is 0. The van der Waals surface area contributed by atoms with Crippen molar-refractivity contribution in [3.05, 3.63) is 71.8 Å². The molecule has 0 radical (unpaired) electrons. The molecule has 3 nitrogen and oxygen atoms in total. The molecule has 0 N–H and O–H groups in total. The van der Waals surface area contributed by atoms with Crippen LogP contribution in [0.3, 0.4) is 0 Å². The third-order valence-electron chi connectivity index (χ3n) is 4.36. The van der Waals surface area contributed by atoms with Gasteiger partial charge in [0, 0.05) is 12.5 Å². The second-order valence-electron chi connectivity index (χ2n) is 5.71. The fourth-order valence-corrected chi connectivity index (χ4v) is 3.37. The summed E-state index contributed by atoms with van der Waals surface area (Å²) >= 11 is 0. The molecule has 3 heteroatoms. The molecule has 2 fully saturated rings. The second kappa shape index (κ2) is 5.60. The summed E-state index contributed by atoms with van der Waals surface area (Å²) in [7, 11) is 0. The van der Waals surface area contributed by atoms with Gasteiger partial charge in [-0.3, -0.25) is 4.84 Å². The zero-order valence-electron chi connectivity index (χ0n) is 11.9. The lowest BCUT2D eigenvalue weighted by Gasteiger charge is -2.25. The predicted molar refractivity (Wildman–Crippen MR) is 80.1 cm³/mol. The quantitative estimate of drug-likeness (QED) is 0.859. The molecule has 0 spiro atoms. The molecule has 21 heavy (non-hydrogen) atoms. The van der Waals surface area contributed by atoms with Crippen molar-refractivity contribution in [3.8, 4) is 0 Å². The molecule has 0 unspecified atom stereocenters. The highest BCUT2D eigenvalue weighted by molar-refractivity contribution is 5.22. The number of benzene rings is 2. The van der Waals surface area contributed by atoms with E-state index in [2.05, 4.69) is 59.7 Å². The van der Waals surface area contributed by atoms with E-state index in [4.69, 9.17) is 9.57 Å². The Kier molecular flexibility index (Phi) is 3.47. The first-order valence-electron chi connectivity index (χ1n) is 7.56. The number of ether oxygens (including phenoxy) is 1. The van der Waals surface area contributed by atoms with Gasteiger partial charge in [0.1, 0.15) is 0 Å². The third-order valence-corrected chi connectivity index (χ3v) is 4.36. The summed E-state index contributed by atoms with van der Waals surface area (Å²) in [6.07, 6.45) is 0.981. The van der Waals surface area contributed by atoms with Crippen molar-refractivity contribution >= 4 is 0 Å². The van der Waals surface area contributed by atoms with Crippen molar-refractivity contribution in [1.29, 1.82) is 0 Å². The Bertz CT molecular complexity index is 587. The van der Waals surface area contributed by atoms with E-state index in [1.807, 2.05) is 6.07 Å². The van der Waals surface area contributed by atoms with Crippen molar-refractivity contribution in [3.63, 3.8) is 0 Å². The monoisotopic (exact) mass is 281 g/mol. The van der Waals surface area contributed by atoms with Crippen LogP contribution < -0.4 is 0 Å². The van der Waals surface area contributed by atoms with Gasteiger partial charge in [0.25, 0.3) is 0 Å². The Labute approximate surface area is 125 Å². The molecule has 2 heterocycles. The molecule has 0 bridgehead atoms. The average Bonchev–Trinajstić information content (AvgIpc) is 3.09. The first kappa shape index (κ1) is 13.0. The van der Waals surface area contributed by atoms with Gasteiger partial charge in [-0.05, 0) is 17.5 Å². The predicted octanol–water partition coefficient (Wildman–Crippen LogP) is 3.54. The minimum Gasteiger partial charge on any atom is -0.350 e. The Morgan fingerprint density at radius 3 is 2.43 bits per heavy atom. The SMILES string of the molecule is c1ccc(CN2O[C@@H]3OCC[C@@H]3[C@H]2c2ccccc2)cc1. The van der Waals surface area contributed by atoms with E-state index in [0.29, 0.717) is 5.92 Å². The first-order valence-corrected chi connectivity index (χ1v) is 7.56. The van der Waals surface area contributed by atoms with E-state index in [0.717, 1.165) is 19.6 Å². The topological polar surface area (TPSA) is 21.7 Å². The van der Waals surface area contributed by atoms with Crippen LogP contribution in [-0.4, -0.2) is 18.0 Å². The van der Waals surface area contributed by atoms with Gasteiger partial charge in [0.05, 0.1) is 12.6 Å². The summed E-state index contributed by atoms with van der Waals surface area (Å²) in [5.41, 5.74) is 2.57. The maximum atomic E-state index is 6.07. The van der Waals surface area contributed by atoms with Gasteiger partial charge in [-0.2, -0.15) is 5.06 Å². The fraction of sp³-hybridized carbons (Fsp3) is 0.333. The summed E-state index contributed by atoms with van der Waals surface area (Å²) in [5, 5.41) is 2.10. The molecule has 0 amide bonds. The maximum Gasteiger partial charge on any atom is 0.182 e. The van der Waals surface area contributed by atoms with Crippen molar-refractivity contribution < 1.29 is 9.57 Å². The summed E-state index contributed by atoms with van der Waals surface area (Å²) in [4.78, 5) is 6.07. The highest BCUT2D eigenvalue weighted by Gasteiger charge is 2.47. The van der Waals surface area contributed by atoms with E-state index in [1.165, 1.54) is 11.1 Å². The van der Waals surface area contributed by atoms with E-state index >= 15 is 0 Å². The average molecular weight is 281 g/mol. The molecule has 2 aliphatic rings. The van der Waals surface area contributed by atoms with Gasteiger partial charge in [-0.15, -0.1) is 0 Å². The molecule has 108 valence electrons. The molecule has 2 aromatic carbocycles. The van der Waals surface area contributed by atoms with Gasteiger partial charge in [0.15, 0.2) is 6.29 Å². The molecule has 2 aromatic rings. The highest BCUT2D eigenvalue weighted by atomic mass is 16.8. The highest BCUT2D eigenvalue weighted by Crippen LogP contribution is 2.45. The third kappa shape index (κ3) is 2.48. The zero-order valence-corrected chi connectivity index (χ0v) is 11.9. The van der Waals surface area contributed by atoms with Crippen LogP contribution in [0.15, 0.2) is 60.7 Å². The lowest BCUT2D eigenvalue weighted by molar-refractivity contribution is -0.238. The minimum absolute atomic E-state index is 0.0843. The van der Waals surface area contributed by atoms with Crippen LogP contribution in [0.5, 0.6) is 0 Å². The molecular formula is C18H19NO2. The Hall–Kier alpha value is -1.68. The molecule has 2 aliphatic heterocycles. The summed E-state index contributed by atoms with van der Waals surface area (Å²) in [6.45, 7) is 1.59. The number of hydrogen-bond acceptors (Lipinski definition) is 3. The van der Waals surface area contributed by atoms with Crippen molar-refractivity contribution in [2.45, 2.75) is 25.3 Å². The molecule has 0 saturated carbocycles. The number of nitrogens with zero attached hydrogens (tertiary/aromatic N) is 1. The Morgan fingerprint density at radius 1 is 0.952 bits per heavy atom. The van der Waals surface area contributed by atoms with E-state index in [-0.39, 0.29) is 12.3 Å². The Morgan fingerprint density at radius 2 is 1.67 bits per heavy atom. The van der Waals surface area contributed by atoms with Crippen molar-refractivity contribution in [2.24, 2.45) is 5.92 Å². The van der Waals surface area contributed by atoms with Crippen LogP contribution in [0, 0.1) is 5.92 Å². The maximum absolute atomic E-state index is 6.07. The standard InChI is InChI=1S/C18H19NO2/c1-3-7-14(8-4-1)13-19-17(15-9-5-2-6-10-15)16-11-12-20-18(16)21-19/h1-10,16-18H,11-13H2/t16-,17-,18+/m1/s1. The lowest BCUT2D eigenvalue weighted by Crippen LogP contribution is -2.24. The van der Waals surface area contributed by atoms with Gasteiger partial charge in [-0.25, -0.2) is 0 Å². The van der Waals surface area contributed by atoms with Crippen LogP contribution >= 0.6 is 0 Å². The van der Waals surface area contributed by atoms with E-state index < -0.39 is 0 Å². The molecular weight excluding hydrogens is 262 g/mol. The van der Waals surface area contributed by atoms with E-state index in [9.17, 15) is 0 Å². The van der Waals surface area contributed by atoms with Crippen LogP contribution in [-0.2, 0) is 16.1 Å². The molecule has 4 rings (SSSR count). The van der Waals surface area contributed by atoms with Gasteiger partial charge in [-0.1, -0.05) is 60.7 Å². The summed E-state index contributed by atoms with van der Waals surface area (Å²) in [6, 6.07) is 21.4.